The van der Waals surface area contributed by atoms with Crippen molar-refractivity contribution in [2.45, 2.75) is 32.2 Å². The average molecular weight is 451 g/mol. The topological polar surface area (TPSA) is 79.9 Å². The molecular weight excluding hydrogens is 427 g/mol. The summed E-state index contributed by atoms with van der Waals surface area (Å²) in [6, 6.07) is 11.3. The number of hydrogen-bond donors (Lipinski definition) is 2. The van der Waals surface area contributed by atoms with Gasteiger partial charge in [-0.15, -0.1) is 13.2 Å². The Morgan fingerprint density at radius 3 is 2.16 bits per heavy atom. The minimum absolute atomic E-state index is 0.0721. The smallest absolute Gasteiger partial charge is 0.494 e. The van der Waals surface area contributed by atoms with Gasteiger partial charge in [-0.25, -0.2) is 4.79 Å². The summed E-state index contributed by atoms with van der Waals surface area (Å²) in [6.45, 7) is 3.45. The Morgan fingerprint density at radius 1 is 1.00 bits per heavy atom. The standard InChI is InChI=1S/C22H24F3N3O4/c1-2-31-18-7-3-15(4-8-18)20(29)28-13-11-17(12-14-28)27-21(30)26-16-5-9-19(10-6-16)32-22(23,24)25/h3-10,17H,2,11-14H2,1H3,(H2,26,27,30). The number of ether oxygens (including phenoxy) is 2. The van der Waals surface area contributed by atoms with Gasteiger partial charge in [-0.3, -0.25) is 4.79 Å². The molecule has 0 atom stereocenters. The molecule has 2 aromatic carbocycles. The number of nitrogens with zero attached hydrogens (tertiary/aromatic N) is 1. The predicted octanol–water partition coefficient (Wildman–Crippen LogP) is 4.41. The van der Waals surface area contributed by atoms with Crippen molar-refractivity contribution in [3.05, 3.63) is 54.1 Å². The maximum Gasteiger partial charge on any atom is 0.573 e. The summed E-state index contributed by atoms with van der Waals surface area (Å²) in [5.41, 5.74) is 0.913. The molecule has 0 radical (unpaired) electrons. The molecule has 2 N–H and O–H groups in total. The van der Waals surface area contributed by atoms with Crippen LogP contribution in [0.5, 0.6) is 11.5 Å². The van der Waals surface area contributed by atoms with Crippen LogP contribution in [0.1, 0.15) is 30.1 Å². The van der Waals surface area contributed by atoms with E-state index in [-0.39, 0.29) is 17.7 Å². The van der Waals surface area contributed by atoms with Crippen LogP contribution in [0.15, 0.2) is 48.5 Å². The lowest BCUT2D eigenvalue weighted by Gasteiger charge is -2.32. The molecule has 1 aliphatic rings. The quantitative estimate of drug-likeness (QED) is 0.682. The normalized spacial score (nSPS) is 14.6. The van der Waals surface area contributed by atoms with Crippen LogP contribution in [0.2, 0.25) is 0 Å². The van der Waals surface area contributed by atoms with Crippen molar-refractivity contribution in [3.63, 3.8) is 0 Å². The highest BCUT2D eigenvalue weighted by Gasteiger charge is 2.31. The minimum Gasteiger partial charge on any atom is -0.494 e. The number of carbonyl (C=O) groups is 2. The molecule has 0 spiro atoms. The van der Waals surface area contributed by atoms with E-state index in [1.807, 2.05) is 6.92 Å². The highest BCUT2D eigenvalue weighted by atomic mass is 19.4. The fourth-order valence-corrected chi connectivity index (χ4v) is 3.36. The number of alkyl halides is 3. The molecule has 32 heavy (non-hydrogen) atoms. The number of likely N-dealkylation sites (tertiary alicyclic amines) is 1. The van der Waals surface area contributed by atoms with E-state index in [0.717, 1.165) is 12.1 Å². The lowest BCUT2D eigenvalue weighted by atomic mass is 10.0. The number of anilines is 1. The van der Waals surface area contributed by atoms with Gasteiger partial charge in [0.2, 0.25) is 0 Å². The van der Waals surface area contributed by atoms with E-state index in [1.54, 1.807) is 29.2 Å². The van der Waals surface area contributed by atoms with Crippen molar-refractivity contribution in [2.24, 2.45) is 0 Å². The molecule has 2 aromatic rings. The second-order valence-electron chi connectivity index (χ2n) is 7.19. The van der Waals surface area contributed by atoms with Crippen molar-refractivity contribution in [3.8, 4) is 11.5 Å². The third-order valence-corrected chi connectivity index (χ3v) is 4.88. The zero-order valence-electron chi connectivity index (χ0n) is 17.4. The van der Waals surface area contributed by atoms with Gasteiger partial charge >= 0.3 is 12.4 Å². The predicted molar refractivity (Wildman–Crippen MR) is 112 cm³/mol. The van der Waals surface area contributed by atoms with Crippen LogP contribution >= 0.6 is 0 Å². The van der Waals surface area contributed by atoms with E-state index >= 15 is 0 Å². The first-order valence-corrected chi connectivity index (χ1v) is 10.2. The van der Waals surface area contributed by atoms with Crippen molar-refractivity contribution in [1.29, 1.82) is 0 Å². The van der Waals surface area contributed by atoms with Crippen LogP contribution in [-0.2, 0) is 0 Å². The number of piperidine rings is 1. The number of amides is 3. The summed E-state index contributed by atoms with van der Waals surface area (Å²) in [5, 5.41) is 5.40. The molecule has 0 bridgehead atoms. The molecular formula is C22H24F3N3O4. The number of urea groups is 1. The molecule has 1 heterocycles. The van der Waals surface area contributed by atoms with E-state index in [4.69, 9.17) is 4.74 Å². The maximum atomic E-state index is 12.7. The number of hydrogen-bond acceptors (Lipinski definition) is 4. The van der Waals surface area contributed by atoms with E-state index < -0.39 is 12.4 Å². The Morgan fingerprint density at radius 2 is 1.59 bits per heavy atom. The minimum atomic E-state index is -4.77. The number of nitrogens with one attached hydrogen (secondary N) is 2. The van der Waals surface area contributed by atoms with Crippen molar-refractivity contribution in [2.75, 3.05) is 25.0 Å². The first-order chi connectivity index (χ1) is 15.2. The van der Waals surface area contributed by atoms with Gasteiger partial charge in [0.25, 0.3) is 5.91 Å². The molecule has 0 saturated carbocycles. The highest BCUT2D eigenvalue weighted by Crippen LogP contribution is 2.24. The van der Waals surface area contributed by atoms with Gasteiger partial charge in [0.1, 0.15) is 11.5 Å². The molecule has 1 saturated heterocycles. The van der Waals surface area contributed by atoms with Crippen molar-refractivity contribution >= 4 is 17.6 Å². The van der Waals surface area contributed by atoms with Crippen LogP contribution in [0.3, 0.4) is 0 Å². The Kier molecular flexibility index (Phi) is 7.45. The summed E-state index contributed by atoms with van der Waals surface area (Å²) in [7, 11) is 0. The number of benzene rings is 2. The zero-order valence-corrected chi connectivity index (χ0v) is 17.4. The Balaban J connectivity index is 1.44. The summed E-state index contributed by atoms with van der Waals surface area (Å²) >= 11 is 0. The van der Waals surface area contributed by atoms with E-state index in [0.29, 0.717) is 49.5 Å². The molecule has 7 nitrogen and oxygen atoms in total. The van der Waals surface area contributed by atoms with Crippen molar-refractivity contribution in [1.82, 2.24) is 10.2 Å². The molecule has 3 amide bonds. The third-order valence-electron chi connectivity index (χ3n) is 4.88. The molecule has 0 unspecified atom stereocenters. The lowest BCUT2D eigenvalue weighted by molar-refractivity contribution is -0.274. The largest absolute Gasteiger partial charge is 0.573 e. The van der Waals surface area contributed by atoms with Crippen LogP contribution in [-0.4, -0.2) is 48.9 Å². The number of rotatable bonds is 6. The molecule has 10 heteroatoms. The van der Waals surface area contributed by atoms with Crippen LogP contribution in [0.4, 0.5) is 23.7 Å². The van der Waals surface area contributed by atoms with Gasteiger partial charge in [-0.2, -0.15) is 0 Å². The van der Waals surface area contributed by atoms with Gasteiger partial charge in [0.15, 0.2) is 0 Å². The molecule has 0 aromatic heterocycles. The lowest BCUT2D eigenvalue weighted by Crippen LogP contribution is -2.47. The van der Waals surface area contributed by atoms with E-state index in [2.05, 4.69) is 15.4 Å². The van der Waals surface area contributed by atoms with Gasteiger partial charge in [-0.1, -0.05) is 0 Å². The van der Waals surface area contributed by atoms with Crippen molar-refractivity contribution < 1.29 is 32.2 Å². The summed E-state index contributed by atoms with van der Waals surface area (Å²) < 4.78 is 45.8. The first-order valence-electron chi connectivity index (χ1n) is 10.2. The summed E-state index contributed by atoms with van der Waals surface area (Å²) in [6.07, 6.45) is -3.58. The highest BCUT2D eigenvalue weighted by molar-refractivity contribution is 5.94. The summed E-state index contributed by atoms with van der Waals surface area (Å²) in [4.78, 5) is 26.6. The van der Waals surface area contributed by atoms with Gasteiger partial charge in [-0.05, 0) is 68.3 Å². The Labute approximate surface area is 183 Å². The monoisotopic (exact) mass is 451 g/mol. The third kappa shape index (κ3) is 6.79. The van der Waals surface area contributed by atoms with E-state index in [9.17, 15) is 22.8 Å². The number of carbonyl (C=O) groups excluding carboxylic acids is 2. The second kappa shape index (κ2) is 10.3. The van der Waals surface area contributed by atoms with Gasteiger partial charge in [0.05, 0.1) is 6.61 Å². The summed E-state index contributed by atoms with van der Waals surface area (Å²) in [5.74, 6) is 0.269. The fraction of sp³-hybridized carbons (Fsp3) is 0.364. The van der Waals surface area contributed by atoms with Gasteiger partial charge < -0.3 is 25.0 Å². The molecule has 172 valence electrons. The SMILES string of the molecule is CCOc1ccc(C(=O)N2CCC(NC(=O)Nc3ccc(OC(F)(F)F)cc3)CC2)cc1. The Bertz CT molecular complexity index is 910. The molecule has 1 aliphatic heterocycles. The van der Waals surface area contributed by atoms with Crippen LogP contribution in [0.25, 0.3) is 0 Å². The molecule has 3 rings (SSSR count). The van der Waals surface area contributed by atoms with E-state index in [1.165, 1.54) is 12.1 Å². The maximum absolute atomic E-state index is 12.7. The average Bonchev–Trinajstić information content (AvgIpc) is 2.75. The second-order valence-corrected chi connectivity index (χ2v) is 7.19. The molecule has 1 fully saturated rings. The van der Waals surface area contributed by atoms with Crippen LogP contribution in [0, 0.1) is 0 Å². The van der Waals surface area contributed by atoms with Gasteiger partial charge in [0, 0.05) is 30.4 Å². The number of halogens is 3. The first kappa shape index (κ1) is 23.2. The molecule has 0 aliphatic carbocycles. The fourth-order valence-electron chi connectivity index (χ4n) is 3.36. The Hall–Kier alpha value is -3.43. The zero-order chi connectivity index (χ0) is 23.1. The van der Waals surface area contributed by atoms with Crippen LogP contribution < -0.4 is 20.1 Å².